The Morgan fingerprint density at radius 1 is 1.42 bits per heavy atom. The molecule has 2 rings (SSSR count). The van der Waals surface area contributed by atoms with Crippen LogP contribution in [0.15, 0.2) is 10.9 Å². The Bertz CT molecular complexity index is 675. The van der Waals surface area contributed by atoms with E-state index >= 15 is 0 Å². The van der Waals surface area contributed by atoms with Gasteiger partial charge in [-0.15, -0.1) is 0 Å². The van der Waals surface area contributed by atoms with Gasteiger partial charge in [0.25, 0.3) is 11.6 Å². The fraction of sp³-hybridized carbons (Fsp3) is 0.417. The summed E-state index contributed by atoms with van der Waals surface area (Å²) >= 11 is 6.17. The molecule has 0 aromatic carbocycles. The quantitative estimate of drug-likeness (QED) is 0.851. The van der Waals surface area contributed by atoms with Crippen LogP contribution < -0.4 is 10.3 Å². The van der Waals surface area contributed by atoms with Gasteiger partial charge in [-0.25, -0.2) is 4.98 Å². The molecule has 0 amide bonds. The topological polar surface area (TPSA) is 61.9 Å². The first-order chi connectivity index (χ1) is 8.93. The smallest absolute Gasteiger partial charge is 0.299 e. The first kappa shape index (κ1) is 13.6. The predicted octanol–water partition coefficient (Wildman–Crippen LogP) is 1.30. The number of ether oxygens (including phenoxy) is 1. The van der Waals surface area contributed by atoms with Gasteiger partial charge in [0.15, 0.2) is 0 Å². The Morgan fingerprint density at radius 3 is 2.63 bits per heavy atom. The summed E-state index contributed by atoms with van der Waals surface area (Å²) in [5.41, 5.74) is 2.01. The maximum Gasteiger partial charge on any atom is 0.299 e. The molecule has 2 aromatic heterocycles. The van der Waals surface area contributed by atoms with Gasteiger partial charge in [-0.1, -0.05) is 11.6 Å². The number of rotatable bonds is 3. The number of methoxy groups -OCH3 is 1. The van der Waals surface area contributed by atoms with E-state index in [2.05, 4.69) is 10.1 Å². The van der Waals surface area contributed by atoms with Crippen molar-refractivity contribution in [3.63, 3.8) is 0 Å². The van der Waals surface area contributed by atoms with Crippen LogP contribution in [0.4, 0.5) is 0 Å². The van der Waals surface area contributed by atoms with Crippen molar-refractivity contribution in [1.82, 2.24) is 19.3 Å². The van der Waals surface area contributed by atoms with Crippen molar-refractivity contribution >= 4 is 11.6 Å². The summed E-state index contributed by atoms with van der Waals surface area (Å²) in [4.78, 5) is 16.2. The third kappa shape index (κ3) is 2.49. The van der Waals surface area contributed by atoms with Gasteiger partial charge in [-0.3, -0.25) is 14.0 Å². The lowest BCUT2D eigenvalue weighted by Crippen LogP contribution is -2.23. The number of hydrogen-bond donors (Lipinski definition) is 0. The van der Waals surface area contributed by atoms with Gasteiger partial charge in [0.2, 0.25) is 0 Å². The minimum atomic E-state index is -0.177. The Kier molecular flexibility index (Phi) is 3.61. The van der Waals surface area contributed by atoms with Crippen molar-refractivity contribution in [2.75, 3.05) is 7.11 Å². The van der Waals surface area contributed by atoms with E-state index in [-0.39, 0.29) is 18.1 Å². The van der Waals surface area contributed by atoms with E-state index in [1.807, 2.05) is 6.92 Å². The Hall–Kier alpha value is -1.82. The van der Waals surface area contributed by atoms with Crippen molar-refractivity contribution in [2.45, 2.75) is 20.4 Å². The van der Waals surface area contributed by atoms with Crippen molar-refractivity contribution in [2.24, 2.45) is 7.05 Å². The third-order valence-corrected chi connectivity index (χ3v) is 3.34. The Balaban J connectivity index is 2.52. The molecule has 0 N–H and O–H groups in total. The van der Waals surface area contributed by atoms with Crippen LogP contribution in [0, 0.1) is 13.8 Å². The molecule has 0 saturated carbocycles. The molecule has 102 valence electrons. The van der Waals surface area contributed by atoms with Crippen LogP contribution in [-0.4, -0.2) is 26.4 Å². The van der Waals surface area contributed by atoms with Gasteiger partial charge in [0.05, 0.1) is 19.3 Å². The molecule has 0 fully saturated rings. The van der Waals surface area contributed by atoms with E-state index in [1.165, 1.54) is 17.7 Å². The van der Waals surface area contributed by atoms with E-state index in [1.54, 1.807) is 18.7 Å². The minimum Gasteiger partial charge on any atom is -0.468 e. The highest BCUT2D eigenvalue weighted by Gasteiger charge is 2.15. The molecule has 6 nitrogen and oxygen atoms in total. The second-order valence-corrected chi connectivity index (χ2v) is 4.64. The predicted molar refractivity (Wildman–Crippen MR) is 71.8 cm³/mol. The fourth-order valence-electron chi connectivity index (χ4n) is 1.91. The van der Waals surface area contributed by atoms with Crippen LogP contribution in [0.5, 0.6) is 6.01 Å². The van der Waals surface area contributed by atoms with Crippen molar-refractivity contribution in [1.29, 1.82) is 0 Å². The summed E-state index contributed by atoms with van der Waals surface area (Å²) in [5, 5.41) is 4.72. The molecule has 0 atom stereocenters. The summed E-state index contributed by atoms with van der Waals surface area (Å²) in [6.07, 6.45) is 0. The summed E-state index contributed by atoms with van der Waals surface area (Å²) < 4.78 is 8.16. The lowest BCUT2D eigenvalue weighted by atomic mass is 10.2. The number of halogens is 1. The molecular weight excluding hydrogens is 268 g/mol. The number of hydrogen-bond acceptors (Lipinski definition) is 4. The highest BCUT2D eigenvalue weighted by atomic mass is 35.5. The Morgan fingerprint density at radius 2 is 2.11 bits per heavy atom. The lowest BCUT2D eigenvalue weighted by molar-refractivity contribution is 0.349. The molecule has 0 unspecified atom stereocenters. The van der Waals surface area contributed by atoms with E-state index in [9.17, 15) is 4.79 Å². The molecule has 19 heavy (non-hydrogen) atoms. The van der Waals surface area contributed by atoms with Gasteiger partial charge < -0.3 is 4.74 Å². The third-order valence-electron chi connectivity index (χ3n) is 2.87. The van der Waals surface area contributed by atoms with Crippen molar-refractivity contribution in [3.8, 4) is 6.01 Å². The number of nitrogens with zero attached hydrogens (tertiary/aromatic N) is 4. The standard InChI is InChI=1S/C12H15ClN4O2/c1-7-5-10(18)17(12(14-7)19-4)6-9-8(2)15-16(3)11(9)13/h5H,6H2,1-4H3. The second-order valence-electron chi connectivity index (χ2n) is 4.29. The summed E-state index contributed by atoms with van der Waals surface area (Å²) in [7, 11) is 3.24. The van der Waals surface area contributed by atoms with Crippen LogP contribution in [-0.2, 0) is 13.6 Å². The molecule has 2 aromatic rings. The van der Waals surface area contributed by atoms with Crippen LogP contribution >= 0.6 is 11.6 Å². The SMILES string of the molecule is COc1nc(C)cc(=O)n1Cc1c(C)nn(C)c1Cl. The highest BCUT2D eigenvalue weighted by Crippen LogP contribution is 2.20. The fourth-order valence-corrected chi connectivity index (χ4v) is 2.14. The van der Waals surface area contributed by atoms with Gasteiger partial charge in [0, 0.05) is 24.4 Å². The first-order valence-corrected chi connectivity index (χ1v) is 6.12. The zero-order valence-corrected chi connectivity index (χ0v) is 12.0. The van der Waals surface area contributed by atoms with Gasteiger partial charge >= 0.3 is 0 Å². The monoisotopic (exact) mass is 282 g/mol. The van der Waals surface area contributed by atoms with E-state index in [4.69, 9.17) is 16.3 Å². The molecule has 0 saturated heterocycles. The molecule has 0 aliphatic heterocycles. The minimum absolute atomic E-state index is 0.177. The normalized spacial score (nSPS) is 10.8. The zero-order valence-electron chi connectivity index (χ0n) is 11.3. The van der Waals surface area contributed by atoms with E-state index in [0.717, 1.165) is 11.3 Å². The van der Waals surface area contributed by atoms with Crippen molar-refractivity contribution < 1.29 is 4.74 Å². The largest absolute Gasteiger partial charge is 0.468 e. The van der Waals surface area contributed by atoms with Crippen molar-refractivity contribution in [3.05, 3.63) is 38.5 Å². The maximum atomic E-state index is 12.0. The first-order valence-electron chi connectivity index (χ1n) is 5.74. The van der Waals surface area contributed by atoms with Crippen LogP contribution in [0.2, 0.25) is 5.15 Å². The zero-order chi connectivity index (χ0) is 14.2. The number of aryl methyl sites for hydroxylation is 3. The average molecular weight is 283 g/mol. The van der Waals surface area contributed by atoms with E-state index in [0.29, 0.717) is 10.8 Å². The average Bonchev–Trinajstić information content (AvgIpc) is 2.58. The number of aromatic nitrogens is 4. The van der Waals surface area contributed by atoms with Gasteiger partial charge in [-0.2, -0.15) is 5.10 Å². The molecule has 0 bridgehead atoms. The molecule has 0 radical (unpaired) electrons. The summed E-state index contributed by atoms with van der Waals surface area (Å²) in [5.74, 6) is 0. The summed E-state index contributed by atoms with van der Waals surface area (Å²) in [6, 6.07) is 1.73. The molecule has 0 aliphatic carbocycles. The summed E-state index contributed by atoms with van der Waals surface area (Å²) in [6.45, 7) is 3.88. The van der Waals surface area contributed by atoms with Crippen LogP contribution in [0.25, 0.3) is 0 Å². The second kappa shape index (κ2) is 5.05. The van der Waals surface area contributed by atoms with Gasteiger partial charge in [0.1, 0.15) is 5.15 Å². The van der Waals surface area contributed by atoms with Gasteiger partial charge in [-0.05, 0) is 13.8 Å². The lowest BCUT2D eigenvalue weighted by Gasteiger charge is -2.10. The highest BCUT2D eigenvalue weighted by molar-refractivity contribution is 6.30. The Labute approximate surface area is 115 Å². The van der Waals surface area contributed by atoms with E-state index < -0.39 is 0 Å². The molecule has 0 aliphatic rings. The maximum absolute atomic E-state index is 12.0. The molecular formula is C12H15ClN4O2. The van der Waals surface area contributed by atoms with Crippen LogP contribution in [0.1, 0.15) is 17.0 Å². The van der Waals surface area contributed by atoms with Crippen LogP contribution in [0.3, 0.4) is 0 Å². The molecule has 7 heteroatoms. The molecule has 2 heterocycles. The molecule has 0 spiro atoms.